The fourth-order valence-corrected chi connectivity index (χ4v) is 3.61. The molecule has 0 aliphatic rings. The minimum Gasteiger partial charge on any atom is -0.361 e. The summed E-state index contributed by atoms with van der Waals surface area (Å²) in [7, 11) is 0. The van der Waals surface area contributed by atoms with Gasteiger partial charge >= 0.3 is 0 Å². The zero-order valence-electron chi connectivity index (χ0n) is 14.7. The van der Waals surface area contributed by atoms with Gasteiger partial charge in [0.15, 0.2) is 10.0 Å². The lowest BCUT2D eigenvalue weighted by molar-refractivity contribution is -0.118. The molecular weight excluding hydrogens is 386 g/mol. The summed E-state index contributed by atoms with van der Waals surface area (Å²) in [5.41, 5.74) is 2.40. The number of amides is 2. The van der Waals surface area contributed by atoms with Crippen LogP contribution in [0.3, 0.4) is 0 Å². The van der Waals surface area contributed by atoms with E-state index in [1.165, 1.54) is 34.7 Å². The van der Waals surface area contributed by atoms with Crippen LogP contribution in [0.4, 0.5) is 5.13 Å². The SMILES string of the molecule is Cc1ccc(CNC(=O)CSc2nnc(NC(=O)c3cc(C)on3)s2)cc1. The Morgan fingerprint density at radius 3 is 2.67 bits per heavy atom. The Morgan fingerprint density at radius 2 is 1.96 bits per heavy atom. The molecule has 0 saturated carbocycles. The molecule has 10 heteroatoms. The number of aromatic nitrogens is 3. The van der Waals surface area contributed by atoms with Gasteiger partial charge in [-0.2, -0.15) is 0 Å². The van der Waals surface area contributed by atoms with Crippen LogP contribution in [0.15, 0.2) is 39.2 Å². The highest BCUT2D eigenvalue weighted by Crippen LogP contribution is 2.25. The second-order valence-electron chi connectivity index (χ2n) is 5.70. The van der Waals surface area contributed by atoms with Crippen molar-refractivity contribution in [3.63, 3.8) is 0 Å². The summed E-state index contributed by atoms with van der Waals surface area (Å²) >= 11 is 2.45. The molecule has 2 N–H and O–H groups in total. The van der Waals surface area contributed by atoms with Crippen LogP contribution in [0.1, 0.15) is 27.4 Å². The number of thioether (sulfide) groups is 1. The number of hydrogen-bond acceptors (Lipinski definition) is 8. The maximum atomic E-state index is 12.0. The smallest absolute Gasteiger partial charge is 0.279 e. The van der Waals surface area contributed by atoms with Crippen molar-refractivity contribution in [1.29, 1.82) is 0 Å². The Labute approximate surface area is 163 Å². The zero-order valence-corrected chi connectivity index (χ0v) is 16.3. The molecule has 0 atom stereocenters. The minimum atomic E-state index is -0.421. The molecule has 1 aromatic carbocycles. The van der Waals surface area contributed by atoms with Crippen LogP contribution in [0.2, 0.25) is 0 Å². The zero-order chi connectivity index (χ0) is 19.2. The van der Waals surface area contributed by atoms with Crippen molar-refractivity contribution in [2.45, 2.75) is 24.7 Å². The molecule has 0 spiro atoms. The van der Waals surface area contributed by atoms with Crippen LogP contribution in [-0.4, -0.2) is 32.9 Å². The first-order chi connectivity index (χ1) is 13.0. The van der Waals surface area contributed by atoms with Crippen molar-refractivity contribution in [1.82, 2.24) is 20.7 Å². The third-order valence-corrected chi connectivity index (χ3v) is 5.40. The van der Waals surface area contributed by atoms with Gasteiger partial charge in [0.2, 0.25) is 11.0 Å². The predicted molar refractivity (Wildman–Crippen MR) is 103 cm³/mol. The normalized spacial score (nSPS) is 10.6. The van der Waals surface area contributed by atoms with E-state index in [0.717, 1.165) is 5.56 Å². The van der Waals surface area contributed by atoms with Gasteiger partial charge in [-0.1, -0.05) is 58.1 Å². The first-order valence-electron chi connectivity index (χ1n) is 8.03. The molecule has 0 bridgehead atoms. The summed E-state index contributed by atoms with van der Waals surface area (Å²) in [6, 6.07) is 9.52. The van der Waals surface area contributed by atoms with Gasteiger partial charge in [0.25, 0.3) is 5.91 Å². The fraction of sp³-hybridized carbons (Fsp3) is 0.235. The second kappa shape index (κ2) is 8.78. The first kappa shape index (κ1) is 19.1. The van der Waals surface area contributed by atoms with Crippen molar-refractivity contribution in [2.75, 3.05) is 11.1 Å². The number of nitrogens with zero attached hydrogens (tertiary/aromatic N) is 3. The Bertz CT molecular complexity index is 936. The van der Waals surface area contributed by atoms with Crippen LogP contribution in [-0.2, 0) is 11.3 Å². The minimum absolute atomic E-state index is 0.0977. The number of aryl methyl sites for hydroxylation is 2. The Balaban J connectivity index is 1.44. The van der Waals surface area contributed by atoms with Crippen molar-refractivity contribution < 1.29 is 14.1 Å². The quantitative estimate of drug-likeness (QED) is 0.461. The summed E-state index contributed by atoms with van der Waals surface area (Å²) in [5.74, 6) is 0.247. The van der Waals surface area contributed by atoms with Gasteiger partial charge in [0, 0.05) is 12.6 Å². The number of carbonyl (C=O) groups excluding carboxylic acids is 2. The summed E-state index contributed by atoms with van der Waals surface area (Å²) in [6.45, 7) is 4.20. The standard InChI is InChI=1S/C17H17N5O3S2/c1-10-3-5-12(6-4-10)8-18-14(23)9-26-17-21-20-16(27-17)19-15(24)13-7-11(2)25-22-13/h3-7H,8-9H2,1-2H3,(H,18,23)(H,19,20,24). The van der Waals surface area contributed by atoms with Crippen molar-refractivity contribution >= 4 is 40.0 Å². The van der Waals surface area contributed by atoms with E-state index < -0.39 is 5.91 Å². The molecule has 27 heavy (non-hydrogen) atoms. The fourth-order valence-electron chi connectivity index (χ4n) is 2.04. The van der Waals surface area contributed by atoms with E-state index in [2.05, 4.69) is 26.0 Å². The Hall–Kier alpha value is -2.72. The van der Waals surface area contributed by atoms with E-state index in [-0.39, 0.29) is 17.4 Å². The predicted octanol–water partition coefficient (Wildman–Crippen LogP) is 2.80. The van der Waals surface area contributed by atoms with Crippen LogP contribution < -0.4 is 10.6 Å². The van der Waals surface area contributed by atoms with Crippen LogP contribution in [0.25, 0.3) is 0 Å². The molecular formula is C17H17N5O3S2. The number of anilines is 1. The monoisotopic (exact) mass is 403 g/mol. The number of nitrogens with one attached hydrogen (secondary N) is 2. The largest absolute Gasteiger partial charge is 0.361 e. The highest BCUT2D eigenvalue weighted by molar-refractivity contribution is 8.01. The Kier molecular flexibility index (Phi) is 6.20. The van der Waals surface area contributed by atoms with E-state index in [1.54, 1.807) is 6.92 Å². The molecule has 0 saturated heterocycles. The maximum absolute atomic E-state index is 12.0. The lowest BCUT2D eigenvalue weighted by Crippen LogP contribution is -2.24. The molecule has 3 aromatic rings. The van der Waals surface area contributed by atoms with Gasteiger partial charge in [0.05, 0.1) is 5.75 Å². The van der Waals surface area contributed by atoms with Crippen LogP contribution >= 0.6 is 23.1 Å². The molecule has 140 valence electrons. The molecule has 3 rings (SSSR count). The molecule has 2 heterocycles. The van der Waals surface area contributed by atoms with Crippen molar-refractivity contribution in [3.8, 4) is 0 Å². The van der Waals surface area contributed by atoms with Crippen LogP contribution in [0.5, 0.6) is 0 Å². The van der Waals surface area contributed by atoms with Crippen molar-refractivity contribution in [2.24, 2.45) is 0 Å². The Morgan fingerprint density at radius 1 is 1.19 bits per heavy atom. The van der Waals surface area contributed by atoms with E-state index >= 15 is 0 Å². The number of benzene rings is 1. The van der Waals surface area contributed by atoms with Gasteiger partial charge in [-0.25, -0.2) is 0 Å². The second-order valence-corrected chi connectivity index (χ2v) is 7.90. The topological polar surface area (TPSA) is 110 Å². The average Bonchev–Trinajstić information content (AvgIpc) is 3.28. The molecule has 0 aliphatic heterocycles. The van der Waals surface area contributed by atoms with Gasteiger partial charge < -0.3 is 9.84 Å². The third kappa shape index (κ3) is 5.63. The van der Waals surface area contributed by atoms with Crippen LogP contribution in [0, 0.1) is 13.8 Å². The van der Waals surface area contributed by atoms with E-state index in [4.69, 9.17) is 4.52 Å². The lowest BCUT2D eigenvalue weighted by atomic mass is 10.1. The highest BCUT2D eigenvalue weighted by atomic mass is 32.2. The summed E-state index contributed by atoms with van der Waals surface area (Å²) in [5, 5.41) is 17.3. The van der Waals surface area contributed by atoms with E-state index in [0.29, 0.717) is 21.8 Å². The number of carbonyl (C=O) groups is 2. The molecule has 0 unspecified atom stereocenters. The third-order valence-electron chi connectivity index (χ3n) is 3.42. The molecule has 0 aliphatic carbocycles. The molecule has 2 amide bonds. The van der Waals surface area contributed by atoms with Gasteiger partial charge in [-0.15, -0.1) is 10.2 Å². The van der Waals surface area contributed by atoms with Crippen molar-refractivity contribution in [3.05, 3.63) is 52.9 Å². The number of rotatable bonds is 7. The van der Waals surface area contributed by atoms with Gasteiger partial charge in [-0.05, 0) is 19.4 Å². The summed E-state index contributed by atoms with van der Waals surface area (Å²) in [4.78, 5) is 23.9. The average molecular weight is 403 g/mol. The van der Waals surface area contributed by atoms with Gasteiger partial charge in [0.1, 0.15) is 5.76 Å². The lowest BCUT2D eigenvalue weighted by Gasteiger charge is -2.04. The summed E-state index contributed by atoms with van der Waals surface area (Å²) < 4.78 is 5.45. The highest BCUT2D eigenvalue weighted by Gasteiger charge is 2.14. The maximum Gasteiger partial charge on any atom is 0.279 e. The van der Waals surface area contributed by atoms with E-state index in [9.17, 15) is 9.59 Å². The molecule has 2 aromatic heterocycles. The molecule has 0 fully saturated rings. The van der Waals surface area contributed by atoms with E-state index in [1.807, 2.05) is 31.2 Å². The first-order valence-corrected chi connectivity index (χ1v) is 9.83. The molecule has 0 radical (unpaired) electrons. The molecule has 8 nitrogen and oxygen atoms in total. The summed E-state index contributed by atoms with van der Waals surface area (Å²) in [6.07, 6.45) is 0. The number of hydrogen-bond donors (Lipinski definition) is 2. The van der Waals surface area contributed by atoms with Gasteiger partial charge in [-0.3, -0.25) is 14.9 Å².